The molecule has 0 fully saturated rings. The lowest BCUT2D eigenvalue weighted by molar-refractivity contribution is -0.137. The predicted octanol–water partition coefficient (Wildman–Crippen LogP) is -0.852. The Balaban J connectivity index is 2.59. The second-order valence-corrected chi connectivity index (χ2v) is 2.94. The van der Waals surface area contributed by atoms with Crippen molar-refractivity contribution in [3.63, 3.8) is 0 Å². The molecule has 0 aromatic carbocycles. The molecule has 1 rings (SSSR count). The largest absolute Gasteiger partial charge is 0.480 e. The van der Waals surface area contributed by atoms with Crippen molar-refractivity contribution in [3.8, 4) is 0 Å². The molecule has 9 nitrogen and oxygen atoms in total. The van der Waals surface area contributed by atoms with Gasteiger partial charge in [0.1, 0.15) is 6.54 Å². The molecular formula is C7H12N6O3. The number of amides is 2. The maximum atomic E-state index is 11.5. The first-order valence-electron chi connectivity index (χ1n) is 4.54. The molecule has 0 aliphatic heterocycles. The van der Waals surface area contributed by atoms with E-state index in [4.69, 9.17) is 5.11 Å². The van der Waals surface area contributed by atoms with Crippen molar-refractivity contribution in [2.24, 2.45) is 7.05 Å². The Morgan fingerprint density at radius 2 is 2.25 bits per heavy atom. The van der Waals surface area contributed by atoms with E-state index in [1.165, 1.54) is 4.80 Å². The molecule has 2 N–H and O–H groups in total. The summed E-state index contributed by atoms with van der Waals surface area (Å²) in [6.07, 6.45) is 0. The van der Waals surface area contributed by atoms with Crippen LogP contribution in [0.2, 0.25) is 0 Å². The fraction of sp³-hybridized carbons (Fsp3) is 0.571. The highest BCUT2D eigenvalue weighted by molar-refractivity contribution is 5.89. The number of carboxylic acid groups (broad SMARTS) is 1. The van der Waals surface area contributed by atoms with Crippen molar-refractivity contribution in [1.29, 1.82) is 0 Å². The smallest absolute Gasteiger partial charge is 0.324 e. The first kappa shape index (κ1) is 11.9. The van der Waals surface area contributed by atoms with E-state index in [1.54, 1.807) is 14.0 Å². The number of hydrogen-bond donors (Lipinski definition) is 2. The standard InChI is InChI=1S/C7H12N6O3/c1-3-13(4-5(14)15)7(16)8-6-9-11-12(2)10-6/h3-4H2,1-2H3,(H,14,15)(H,8,10,16). The van der Waals surface area contributed by atoms with E-state index in [2.05, 4.69) is 20.7 Å². The molecule has 0 spiro atoms. The van der Waals surface area contributed by atoms with Gasteiger partial charge in [-0.05, 0) is 12.1 Å². The number of nitrogens with zero attached hydrogens (tertiary/aromatic N) is 5. The number of tetrazole rings is 1. The highest BCUT2D eigenvalue weighted by Crippen LogP contribution is 1.97. The fourth-order valence-electron chi connectivity index (χ4n) is 0.999. The van der Waals surface area contributed by atoms with Crippen LogP contribution in [-0.2, 0) is 11.8 Å². The van der Waals surface area contributed by atoms with E-state index in [-0.39, 0.29) is 19.0 Å². The van der Waals surface area contributed by atoms with Gasteiger partial charge in [0.2, 0.25) is 0 Å². The number of urea groups is 1. The zero-order chi connectivity index (χ0) is 12.1. The summed E-state index contributed by atoms with van der Waals surface area (Å²) >= 11 is 0. The lowest BCUT2D eigenvalue weighted by Gasteiger charge is -2.17. The maximum Gasteiger partial charge on any atom is 0.324 e. The summed E-state index contributed by atoms with van der Waals surface area (Å²) in [5.74, 6) is -1.04. The Labute approximate surface area is 91.0 Å². The second kappa shape index (κ2) is 5.05. The molecule has 0 atom stereocenters. The molecule has 0 aliphatic carbocycles. The Bertz CT molecular complexity index is 389. The highest BCUT2D eigenvalue weighted by atomic mass is 16.4. The highest BCUT2D eigenvalue weighted by Gasteiger charge is 2.16. The Morgan fingerprint density at radius 1 is 1.56 bits per heavy atom. The second-order valence-electron chi connectivity index (χ2n) is 2.94. The predicted molar refractivity (Wildman–Crippen MR) is 52.7 cm³/mol. The van der Waals surface area contributed by atoms with Crippen LogP contribution < -0.4 is 5.32 Å². The van der Waals surface area contributed by atoms with E-state index in [0.717, 1.165) is 4.90 Å². The number of aryl methyl sites for hydroxylation is 1. The number of carboxylic acids is 1. The fourth-order valence-corrected chi connectivity index (χ4v) is 0.999. The van der Waals surface area contributed by atoms with Gasteiger partial charge < -0.3 is 10.0 Å². The summed E-state index contributed by atoms with van der Waals surface area (Å²) in [7, 11) is 1.55. The van der Waals surface area contributed by atoms with Gasteiger partial charge in [-0.15, -0.1) is 5.10 Å². The van der Waals surface area contributed by atoms with Gasteiger partial charge in [-0.1, -0.05) is 5.10 Å². The number of aliphatic carboxylic acids is 1. The molecule has 0 bridgehead atoms. The molecule has 1 aromatic heterocycles. The van der Waals surface area contributed by atoms with Crippen molar-refractivity contribution in [3.05, 3.63) is 0 Å². The Hall–Kier alpha value is -2.19. The van der Waals surface area contributed by atoms with E-state index in [9.17, 15) is 9.59 Å². The molecule has 0 unspecified atom stereocenters. The SMILES string of the molecule is CCN(CC(=O)O)C(=O)Nc1nnn(C)n1. The minimum Gasteiger partial charge on any atom is -0.480 e. The van der Waals surface area contributed by atoms with Gasteiger partial charge >= 0.3 is 12.0 Å². The van der Waals surface area contributed by atoms with Gasteiger partial charge in [0.05, 0.1) is 7.05 Å². The van der Waals surface area contributed by atoms with Crippen LogP contribution in [0, 0.1) is 0 Å². The van der Waals surface area contributed by atoms with Crippen molar-refractivity contribution in [2.45, 2.75) is 6.92 Å². The topological polar surface area (TPSA) is 113 Å². The van der Waals surface area contributed by atoms with Crippen LogP contribution in [0.5, 0.6) is 0 Å². The summed E-state index contributed by atoms with van der Waals surface area (Å²) in [4.78, 5) is 24.3. The monoisotopic (exact) mass is 228 g/mol. The third kappa shape index (κ3) is 3.19. The number of anilines is 1. The molecule has 0 saturated carbocycles. The summed E-state index contributed by atoms with van der Waals surface area (Å²) in [5.41, 5.74) is 0. The number of hydrogen-bond acceptors (Lipinski definition) is 5. The van der Waals surface area contributed by atoms with E-state index in [0.29, 0.717) is 0 Å². The molecule has 1 aromatic rings. The van der Waals surface area contributed by atoms with Gasteiger partial charge in [-0.25, -0.2) is 4.79 Å². The minimum atomic E-state index is -1.08. The van der Waals surface area contributed by atoms with Crippen molar-refractivity contribution in [2.75, 3.05) is 18.4 Å². The molecule has 2 amide bonds. The zero-order valence-corrected chi connectivity index (χ0v) is 8.91. The number of rotatable bonds is 4. The molecule has 0 saturated heterocycles. The van der Waals surface area contributed by atoms with Crippen molar-refractivity contribution in [1.82, 2.24) is 25.1 Å². The molecule has 1 heterocycles. The first-order valence-corrected chi connectivity index (χ1v) is 4.54. The summed E-state index contributed by atoms with van der Waals surface area (Å²) in [6.45, 7) is 1.58. The quantitative estimate of drug-likeness (QED) is 0.693. The van der Waals surface area contributed by atoms with Crippen LogP contribution in [0.4, 0.5) is 10.7 Å². The molecule has 0 aliphatic rings. The molecule has 88 valence electrons. The molecular weight excluding hydrogens is 216 g/mol. The number of carbonyl (C=O) groups excluding carboxylic acids is 1. The van der Waals surface area contributed by atoms with Crippen LogP contribution in [0.15, 0.2) is 0 Å². The minimum absolute atomic E-state index is 0.0383. The van der Waals surface area contributed by atoms with Crippen LogP contribution in [0.25, 0.3) is 0 Å². The van der Waals surface area contributed by atoms with Gasteiger partial charge in [0.15, 0.2) is 0 Å². The lowest BCUT2D eigenvalue weighted by Crippen LogP contribution is -2.38. The van der Waals surface area contributed by atoms with Crippen molar-refractivity contribution < 1.29 is 14.7 Å². The van der Waals surface area contributed by atoms with Crippen molar-refractivity contribution >= 4 is 17.9 Å². The van der Waals surface area contributed by atoms with Crippen LogP contribution in [0.1, 0.15) is 6.92 Å². The number of likely N-dealkylation sites (N-methyl/N-ethyl adjacent to an activating group) is 1. The number of nitrogens with one attached hydrogen (secondary N) is 1. The van der Waals surface area contributed by atoms with E-state index >= 15 is 0 Å². The average molecular weight is 228 g/mol. The zero-order valence-electron chi connectivity index (χ0n) is 8.91. The van der Waals surface area contributed by atoms with Gasteiger partial charge in [-0.3, -0.25) is 10.1 Å². The van der Waals surface area contributed by atoms with Crippen LogP contribution >= 0.6 is 0 Å². The van der Waals surface area contributed by atoms with Gasteiger partial charge in [0.25, 0.3) is 5.95 Å². The van der Waals surface area contributed by atoms with Crippen LogP contribution in [0.3, 0.4) is 0 Å². The summed E-state index contributed by atoms with van der Waals surface area (Å²) in [5, 5.41) is 21.7. The third-order valence-corrected chi connectivity index (χ3v) is 1.72. The molecule has 9 heteroatoms. The first-order chi connectivity index (χ1) is 7.52. The molecule has 0 radical (unpaired) electrons. The third-order valence-electron chi connectivity index (χ3n) is 1.72. The molecule has 16 heavy (non-hydrogen) atoms. The van der Waals surface area contributed by atoms with Gasteiger partial charge in [-0.2, -0.15) is 4.80 Å². The summed E-state index contributed by atoms with van der Waals surface area (Å²) < 4.78 is 0. The lowest BCUT2D eigenvalue weighted by atomic mass is 10.5. The normalized spacial score (nSPS) is 9.88. The average Bonchev–Trinajstić information content (AvgIpc) is 2.60. The van der Waals surface area contributed by atoms with Gasteiger partial charge in [0, 0.05) is 6.54 Å². The summed E-state index contributed by atoms with van der Waals surface area (Å²) in [6, 6.07) is -0.571. The van der Waals surface area contributed by atoms with E-state index < -0.39 is 12.0 Å². The Morgan fingerprint density at radius 3 is 2.69 bits per heavy atom. The Kier molecular flexibility index (Phi) is 3.75. The number of aromatic nitrogens is 4. The number of carbonyl (C=O) groups is 2. The van der Waals surface area contributed by atoms with Crippen LogP contribution in [-0.4, -0.2) is 55.3 Å². The maximum absolute atomic E-state index is 11.5. The van der Waals surface area contributed by atoms with E-state index in [1.807, 2.05) is 0 Å².